The van der Waals surface area contributed by atoms with Crippen LogP contribution in [0.2, 0.25) is 0 Å². The molecular weight excluding hydrogens is 823 g/mol. The molecule has 0 bridgehead atoms. The van der Waals surface area contributed by atoms with Gasteiger partial charge in [-0.15, -0.1) is 0 Å². The third-order valence-corrected chi connectivity index (χ3v) is 11.6. The zero-order valence-electron chi connectivity index (χ0n) is 31.1. The van der Waals surface area contributed by atoms with Crippen LogP contribution >= 0.6 is 0 Å². The van der Waals surface area contributed by atoms with E-state index in [1.54, 1.807) is 0 Å². The Morgan fingerprint density at radius 1 is 0.644 bits per heavy atom. The van der Waals surface area contributed by atoms with Gasteiger partial charge in [-0.05, 0) is 59.2 Å². The van der Waals surface area contributed by atoms with Crippen molar-refractivity contribution in [3.05, 3.63) is 131 Å². The first kappa shape index (κ1) is 41.5. The highest BCUT2D eigenvalue weighted by atomic mass is 32.2. The minimum Gasteiger partial charge on any atom is -0.741 e. The van der Waals surface area contributed by atoms with Crippen LogP contribution in [0.3, 0.4) is 0 Å². The fourth-order valence-corrected chi connectivity index (χ4v) is 7.63. The Morgan fingerprint density at radius 2 is 1.19 bits per heavy atom. The van der Waals surface area contributed by atoms with Crippen LogP contribution in [0.5, 0.6) is 0 Å². The van der Waals surface area contributed by atoms with Crippen molar-refractivity contribution in [2.24, 2.45) is 0 Å². The zero-order valence-corrected chi connectivity index (χ0v) is 32.7. The summed E-state index contributed by atoms with van der Waals surface area (Å²) in [6, 6.07) is 30.5. The summed E-state index contributed by atoms with van der Waals surface area (Å²) >= 11 is 0. The Labute approximate surface area is 334 Å². The van der Waals surface area contributed by atoms with Gasteiger partial charge in [0.2, 0.25) is 11.4 Å². The first-order valence-corrected chi connectivity index (χ1v) is 20.7. The molecule has 0 N–H and O–H groups in total. The van der Waals surface area contributed by atoms with Crippen LogP contribution in [0.15, 0.2) is 102 Å². The van der Waals surface area contributed by atoms with Gasteiger partial charge in [0, 0.05) is 47.4 Å². The molecule has 0 fully saturated rings. The number of nitrogens with zero attached hydrogens (tertiary/aromatic N) is 2. The van der Waals surface area contributed by atoms with Crippen LogP contribution in [0, 0.1) is 13.8 Å². The van der Waals surface area contributed by atoms with E-state index in [0.29, 0.717) is 0 Å². The molecule has 59 heavy (non-hydrogen) atoms. The lowest BCUT2D eigenvalue weighted by Gasteiger charge is -2.27. The summed E-state index contributed by atoms with van der Waals surface area (Å²) in [5.41, 5.74) is 4.36. The summed E-state index contributed by atoms with van der Waals surface area (Å²) in [5, 5.41) is 4.96. The SMILES string of the molecule is Cc1c(C)c2c(c3c1CC[n+]1ccc(/C=C/c4cccc5c4oc4ccccc45)cc1-3)-c1c3ccccc3cc[n+]1CC2.O=S(=O)([O-])C(F)(F)F.O=S(=O)([O-])C(F)(F)F. The molecule has 306 valence electrons. The van der Waals surface area contributed by atoms with Gasteiger partial charge in [0.15, 0.2) is 45.7 Å². The molecule has 7 aromatic rings. The van der Waals surface area contributed by atoms with Crippen LogP contribution in [-0.4, -0.2) is 37.0 Å². The molecule has 9 rings (SSSR count). The second kappa shape index (κ2) is 15.2. The second-order valence-corrected chi connectivity index (χ2v) is 16.6. The fraction of sp³-hybridized carbons (Fsp3) is 0.190. The highest BCUT2D eigenvalue weighted by Crippen LogP contribution is 2.45. The second-order valence-electron chi connectivity index (χ2n) is 13.9. The van der Waals surface area contributed by atoms with E-state index in [0.717, 1.165) is 53.4 Å². The van der Waals surface area contributed by atoms with Gasteiger partial charge in [0.25, 0.3) is 0 Å². The molecule has 3 aromatic heterocycles. The van der Waals surface area contributed by atoms with Crippen LogP contribution < -0.4 is 9.13 Å². The average molecular weight is 855 g/mol. The van der Waals surface area contributed by atoms with Crippen LogP contribution in [0.25, 0.3) is 67.4 Å². The largest absolute Gasteiger partial charge is 0.741 e. The number of para-hydroxylation sites is 2. The van der Waals surface area contributed by atoms with Gasteiger partial charge in [0.1, 0.15) is 11.2 Å². The number of aryl methyl sites for hydroxylation is 2. The number of furan rings is 1. The molecule has 0 atom stereocenters. The van der Waals surface area contributed by atoms with Crippen molar-refractivity contribution in [2.45, 2.75) is 50.8 Å². The molecule has 0 spiro atoms. The number of fused-ring (bicyclic) bond motifs is 12. The lowest BCUT2D eigenvalue weighted by molar-refractivity contribution is -0.689. The predicted molar refractivity (Wildman–Crippen MR) is 206 cm³/mol. The maximum Gasteiger partial charge on any atom is 0.485 e. The average Bonchev–Trinajstić information content (AvgIpc) is 3.56. The number of aromatic nitrogens is 2. The number of rotatable bonds is 2. The highest BCUT2D eigenvalue weighted by Gasteiger charge is 2.39. The Hall–Kier alpha value is -5.62. The first-order valence-electron chi connectivity index (χ1n) is 17.9. The highest BCUT2D eigenvalue weighted by molar-refractivity contribution is 7.86. The van der Waals surface area contributed by atoms with Crippen LogP contribution in [-0.2, 0) is 46.2 Å². The lowest BCUT2D eigenvalue weighted by atomic mass is 9.79. The Kier molecular flexibility index (Phi) is 10.7. The van der Waals surface area contributed by atoms with Crippen LogP contribution in [0.1, 0.15) is 33.4 Å². The molecule has 0 saturated heterocycles. The Bertz CT molecular complexity index is 3020. The fourth-order valence-electron chi connectivity index (χ4n) is 7.63. The standard InChI is InChI=1S/C40H32N2O.2CHF3O3S/c1-25-26(2)31-19-23-42-21-17-28-8-3-4-10-32(28)39(42)38(31)37-30(25)18-22-41-20-16-27(24-35(37)41)14-15-29-9-7-12-34-33-11-5-6-13-36(33)43-40(29)34;2*2-1(3,4)8(5,6)7/h3-17,20-21,24H,18-19,22-23H2,1-2H3;2*(H,5,6,7)/q+2;;/p-2/b15-14+;;. The molecule has 0 unspecified atom stereocenters. The number of pyridine rings is 2. The smallest absolute Gasteiger partial charge is 0.485 e. The van der Waals surface area contributed by atoms with Gasteiger partial charge in [-0.2, -0.15) is 35.5 Å². The summed E-state index contributed by atoms with van der Waals surface area (Å²) < 4.78 is 129. The van der Waals surface area contributed by atoms with Crippen LogP contribution in [0.4, 0.5) is 26.3 Å². The van der Waals surface area contributed by atoms with E-state index in [9.17, 15) is 26.3 Å². The summed E-state index contributed by atoms with van der Waals surface area (Å²) in [5.74, 6) is 0. The van der Waals surface area contributed by atoms with Gasteiger partial charge >= 0.3 is 11.0 Å². The van der Waals surface area contributed by atoms with Crippen molar-refractivity contribution in [3.63, 3.8) is 0 Å². The number of hydrogen-bond donors (Lipinski definition) is 0. The summed E-state index contributed by atoms with van der Waals surface area (Å²) in [6.07, 6.45) is 11.1. The van der Waals surface area contributed by atoms with Crippen molar-refractivity contribution in [1.82, 2.24) is 0 Å². The maximum atomic E-state index is 10.7. The van der Waals surface area contributed by atoms with E-state index in [4.69, 9.17) is 30.4 Å². The van der Waals surface area contributed by atoms with Gasteiger partial charge in [0.05, 0.1) is 16.5 Å². The number of alkyl halides is 6. The summed E-state index contributed by atoms with van der Waals surface area (Å²) in [7, 11) is -12.2. The van der Waals surface area contributed by atoms with Gasteiger partial charge < -0.3 is 13.5 Å². The normalized spacial score (nSPS) is 13.9. The summed E-state index contributed by atoms with van der Waals surface area (Å²) in [6.45, 7) is 6.70. The minimum atomic E-state index is -6.09. The van der Waals surface area contributed by atoms with E-state index < -0.39 is 31.3 Å². The van der Waals surface area contributed by atoms with Gasteiger partial charge in [-0.3, -0.25) is 0 Å². The summed E-state index contributed by atoms with van der Waals surface area (Å²) in [4.78, 5) is 0. The van der Waals surface area contributed by atoms with Crippen molar-refractivity contribution in [3.8, 4) is 22.5 Å². The molecule has 2 aliphatic rings. The molecule has 0 aliphatic carbocycles. The minimum absolute atomic E-state index is 0.932. The van der Waals surface area contributed by atoms with E-state index in [-0.39, 0.29) is 0 Å². The monoisotopic (exact) mass is 854 g/mol. The molecule has 0 radical (unpaired) electrons. The van der Waals surface area contributed by atoms with Crippen molar-refractivity contribution in [1.29, 1.82) is 0 Å². The Morgan fingerprint density at radius 3 is 1.83 bits per heavy atom. The van der Waals surface area contributed by atoms with Crippen molar-refractivity contribution < 1.29 is 65.8 Å². The van der Waals surface area contributed by atoms with E-state index >= 15 is 0 Å². The molecule has 17 heteroatoms. The molecule has 9 nitrogen and oxygen atoms in total. The first-order chi connectivity index (χ1) is 27.7. The molecular formula is C42H32F6N2O7S2. The van der Waals surface area contributed by atoms with Crippen molar-refractivity contribution in [2.75, 3.05) is 0 Å². The third kappa shape index (κ3) is 7.94. The van der Waals surface area contributed by atoms with Gasteiger partial charge in [-0.25, -0.2) is 16.8 Å². The maximum absolute atomic E-state index is 10.7. The van der Waals surface area contributed by atoms with E-state index in [2.05, 4.69) is 120 Å². The quantitative estimate of drug-likeness (QED) is 0.0736. The third-order valence-electron chi connectivity index (χ3n) is 10.5. The number of hydrogen-bond acceptors (Lipinski definition) is 7. The molecule has 0 amide bonds. The van der Waals surface area contributed by atoms with E-state index in [1.807, 2.05) is 12.1 Å². The number of benzene rings is 4. The van der Waals surface area contributed by atoms with Crippen molar-refractivity contribution >= 4 is 65.1 Å². The molecule has 0 saturated carbocycles. The topological polar surface area (TPSA) is 135 Å². The lowest BCUT2D eigenvalue weighted by Crippen LogP contribution is -2.43. The number of halogens is 6. The molecule has 5 heterocycles. The van der Waals surface area contributed by atoms with Gasteiger partial charge in [-0.1, -0.05) is 66.7 Å². The molecule has 4 aromatic carbocycles. The molecule has 2 aliphatic heterocycles. The van der Waals surface area contributed by atoms with E-state index in [1.165, 1.54) is 61.1 Å². The zero-order chi connectivity index (χ0) is 42.7. The Balaban J connectivity index is 0.000000281. The predicted octanol–water partition coefficient (Wildman–Crippen LogP) is 8.65.